The van der Waals surface area contributed by atoms with Gasteiger partial charge in [0.2, 0.25) is 0 Å². The Balaban J connectivity index is 0.00000364. The van der Waals surface area contributed by atoms with Gasteiger partial charge < -0.3 is 25.4 Å². The van der Waals surface area contributed by atoms with Crippen LogP contribution in [-0.2, 0) is 11.3 Å². The first-order valence-corrected chi connectivity index (χ1v) is 9.08. The second-order valence-electron chi connectivity index (χ2n) is 6.43. The molecule has 1 aliphatic rings. The third-order valence-electron chi connectivity index (χ3n) is 4.37. The standard InChI is InChI=1S/C19H30N4O3.HI/c1-5-26-19(24)23-16(14-8-9-14)12-22-18(20-3)21-11-15-7-6-13(2)10-17(15)25-4;/h6-7,10,14,16H,5,8-9,11-12H2,1-4H3,(H,23,24)(H2,20,21,22);1H. The molecule has 0 heterocycles. The molecular weight excluding hydrogens is 459 g/mol. The molecule has 0 aliphatic heterocycles. The third-order valence-corrected chi connectivity index (χ3v) is 4.37. The molecule has 0 aromatic heterocycles. The number of methoxy groups -OCH3 is 1. The number of carbonyl (C=O) groups excluding carboxylic acids is 1. The van der Waals surface area contributed by atoms with Crippen LogP contribution >= 0.6 is 24.0 Å². The van der Waals surface area contributed by atoms with Crippen molar-refractivity contribution in [1.82, 2.24) is 16.0 Å². The highest BCUT2D eigenvalue weighted by molar-refractivity contribution is 14.0. The predicted molar refractivity (Wildman–Crippen MR) is 118 cm³/mol. The van der Waals surface area contributed by atoms with Crippen LogP contribution in [0.2, 0.25) is 0 Å². The molecule has 1 aromatic rings. The largest absolute Gasteiger partial charge is 0.496 e. The Morgan fingerprint density at radius 1 is 1.33 bits per heavy atom. The van der Waals surface area contributed by atoms with Gasteiger partial charge in [-0.1, -0.05) is 12.1 Å². The number of nitrogens with zero attached hydrogens (tertiary/aromatic N) is 1. The minimum atomic E-state index is -0.362. The number of nitrogens with one attached hydrogen (secondary N) is 3. The molecule has 3 N–H and O–H groups in total. The van der Waals surface area contributed by atoms with Gasteiger partial charge in [0.05, 0.1) is 19.8 Å². The predicted octanol–water partition coefficient (Wildman–Crippen LogP) is 2.81. The van der Waals surface area contributed by atoms with Crippen molar-refractivity contribution in [3.8, 4) is 5.75 Å². The fraction of sp³-hybridized carbons (Fsp3) is 0.579. The first-order valence-electron chi connectivity index (χ1n) is 9.08. The SMILES string of the molecule is CCOC(=O)NC(CNC(=NC)NCc1ccc(C)cc1OC)C1CC1.I. The molecule has 1 aliphatic carbocycles. The van der Waals surface area contributed by atoms with Crippen LogP contribution in [0.4, 0.5) is 4.79 Å². The lowest BCUT2D eigenvalue weighted by Gasteiger charge is -2.20. The third kappa shape index (κ3) is 7.82. The average molecular weight is 490 g/mol. The second-order valence-corrected chi connectivity index (χ2v) is 6.43. The molecule has 1 amide bonds. The van der Waals surface area contributed by atoms with Crippen molar-refractivity contribution in [2.75, 3.05) is 27.3 Å². The topological polar surface area (TPSA) is 84.0 Å². The zero-order valence-corrected chi connectivity index (χ0v) is 18.8. The Hall–Kier alpha value is -1.71. The van der Waals surface area contributed by atoms with E-state index in [0.29, 0.717) is 31.6 Å². The molecule has 2 rings (SSSR count). The van der Waals surface area contributed by atoms with E-state index >= 15 is 0 Å². The highest BCUT2D eigenvalue weighted by Gasteiger charge is 2.32. The van der Waals surface area contributed by atoms with E-state index in [4.69, 9.17) is 9.47 Å². The van der Waals surface area contributed by atoms with Crippen molar-refractivity contribution in [3.05, 3.63) is 29.3 Å². The van der Waals surface area contributed by atoms with E-state index < -0.39 is 0 Å². The van der Waals surface area contributed by atoms with Crippen molar-refractivity contribution in [2.45, 2.75) is 39.3 Å². The number of carbonyl (C=O) groups is 1. The van der Waals surface area contributed by atoms with E-state index in [1.807, 2.05) is 19.1 Å². The molecule has 8 heteroatoms. The van der Waals surface area contributed by atoms with E-state index in [1.165, 1.54) is 0 Å². The molecule has 1 atom stereocenters. The Labute approximate surface area is 178 Å². The lowest BCUT2D eigenvalue weighted by molar-refractivity contribution is 0.146. The number of aliphatic imine (C=N–C) groups is 1. The summed E-state index contributed by atoms with van der Waals surface area (Å²) >= 11 is 0. The summed E-state index contributed by atoms with van der Waals surface area (Å²) in [6.07, 6.45) is 1.90. The summed E-state index contributed by atoms with van der Waals surface area (Å²) in [5.41, 5.74) is 2.22. The summed E-state index contributed by atoms with van der Waals surface area (Å²) in [6.45, 7) is 5.42. The van der Waals surface area contributed by atoms with Crippen molar-refractivity contribution in [2.24, 2.45) is 10.9 Å². The maximum absolute atomic E-state index is 11.7. The summed E-state index contributed by atoms with van der Waals surface area (Å²) in [7, 11) is 3.40. The molecule has 7 nitrogen and oxygen atoms in total. The molecule has 0 radical (unpaired) electrons. The Bertz CT molecular complexity index is 635. The van der Waals surface area contributed by atoms with Gasteiger partial charge in [0, 0.05) is 25.7 Å². The van der Waals surface area contributed by atoms with Crippen molar-refractivity contribution in [3.63, 3.8) is 0 Å². The summed E-state index contributed by atoms with van der Waals surface area (Å²) in [6, 6.07) is 6.16. The number of benzene rings is 1. The molecule has 1 aromatic carbocycles. The summed E-state index contributed by atoms with van der Waals surface area (Å²) in [5, 5.41) is 9.50. The van der Waals surface area contributed by atoms with Crippen LogP contribution in [0.5, 0.6) is 5.75 Å². The highest BCUT2D eigenvalue weighted by Crippen LogP contribution is 2.32. The number of halogens is 1. The fourth-order valence-electron chi connectivity index (χ4n) is 2.76. The smallest absolute Gasteiger partial charge is 0.407 e. The number of hydrogen-bond donors (Lipinski definition) is 3. The molecule has 0 saturated heterocycles. The minimum Gasteiger partial charge on any atom is -0.496 e. The van der Waals surface area contributed by atoms with Gasteiger partial charge in [-0.3, -0.25) is 4.99 Å². The molecule has 0 bridgehead atoms. The van der Waals surface area contributed by atoms with Crippen molar-refractivity contribution < 1.29 is 14.3 Å². The van der Waals surface area contributed by atoms with Crippen LogP contribution in [0.15, 0.2) is 23.2 Å². The molecule has 1 fully saturated rings. The fourth-order valence-corrected chi connectivity index (χ4v) is 2.76. The van der Waals surface area contributed by atoms with Gasteiger partial charge in [-0.05, 0) is 44.2 Å². The Morgan fingerprint density at radius 3 is 2.67 bits per heavy atom. The maximum Gasteiger partial charge on any atom is 0.407 e. The Morgan fingerprint density at radius 2 is 2.07 bits per heavy atom. The van der Waals surface area contributed by atoms with Crippen LogP contribution in [0.3, 0.4) is 0 Å². The van der Waals surface area contributed by atoms with Gasteiger partial charge in [-0.2, -0.15) is 0 Å². The molecular formula is C19H31IN4O3. The van der Waals surface area contributed by atoms with Crippen LogP contribution in [-0.4, -0.2) is 45.4 Å². The van der Waals surface area contributed by atoms with Crippen LogP contribution in [0.25, 0.3) is 0 Å². The Kier molecular flexibility index (Phi) is 10.3. The van der Waals surface area contributed by atoms with Crippen LogP contribution in [0, 0.1) is 12.8 Å². The lowest BCUT2D eigenvalue weighted by Crippen LogP contribution is -2.48. The number of aryl methyl sites for hydroxylation is 1. The van der Waals surface area contributed by atoms with Gasteiger partial charge >= 0.3 is 6.09 Å². The van der Waals surface area contributed by atoms with Crippen molar-refractivity contribution in [1.29, 1.82) is 0 Å². The normalized spacial score (nSPS) is 14.6. The van der Waals surface area contributed by atoms with Gasteiger partial charge in [-0.15, -0.1) is 24.0 Å². The number of rotatable bonds is 8. The van der Waals surface area contributed by atoms with E-state index in [0.717, 1.165) is 29.7 Å². The van der Waals surface area contributed by atoms with E-state index in [1.54, 1.807) is 21.1 Å². The molecule has 0 spiro atoms. The number of guanidine groups is 1. The van der Waals surface area contributed by atoms with Gasteiger partial charge in [-0.25, -0.2) is 4.79 Å². The molecule has 1 saturated carbocycles. The summed E-state index contributed by atoms with van der Waals surface area (Å²) in [5.74, 6) is 2.04. The second kappa shape index (κ2) is 11.9. The maximum atomic E-state index is 11.7. The van der Waals surface area contributed by atoms with Crippen LogP contribution < -0.4 is 20.7 Å². The highest BCUT2D eigenvalue weighted by atomic mass is 127. The zero-order valence-electron chi connectivity index (χ0n) is 16.5. The number of ether oxygens (including phenoxy) is 2. The van der Waals surface area contributed by atoms with Crippen LogP contribution in [0.1, 0.15) is 30.9 Å². The number of alkyl carbamates (subject to hydrolysis) is 1. The van der Waals surface area contributed by atoms with Crippen molar-refractivity contribution >= 4 is 36.0 Å². The lowest BCUT2D eigenvalue weighted by atomic mass is 10.1. The van der Waals surface area contributed by atoms with Gasteiger partial charge in [0.25, 0.3) is 0 Å². The quantitative estimate of drug-likeness (QED) is 0.297. The number of amides is 1. The van der Waals surface area contributed by atoms with E-state index in [-0.39, 0.29) is 36.1 Å². The summed E-state index contributed by atoms with van der Waals surface area (Å²) < 4.78 is 10.4. The molecule has 152 valence electrons. The first kappa shape index (κ1) is 23.3. The monoisotopic (exact) mass is 490 g/mol. The molecule has 1 unspecified atom stereocenters. The average Bonchev–Trinajstić information content (AvgIpc) is 3.46. The van der Waals surface area contributed by atoms with Gasteiger partial charge in [0.15, 0.2) is 5.96 Å². The van der Waals surface area contributed by atoms with E-state index in [9.17, 15) is 4.79 Å². The molecule has 27 heavy (non-hydrogen) atoms. The van der Waals surface area contributed by atoms with Gasteiger partial charge in [0.1, 0.15) is 5.75 Å². The first-order chi connectivity index (χ1) is 12.6. The summed E-state index contributed by atoms with van der Waals surface area (Å²) in [4.78, 5) is 15.9. The minimum absolute atomic E-state index is 0. The number of hydrogen-bond acceptors (Lipinski definition) is 4. The zero-order chi connectivity index (χ0) is 18.9. The van der Waals surface area contributed by atoms with E-state index in [2.05, 4.69) is 27.0 Å².